The molecule has 0 bridgehead atoms. The number of methoxy groups -OCH3 is 1. The summed E-state index contributed by atoms with van der Waals surface area (Å²) in [7, 11) is 3.82. The zero-order valence-corrected chi connectivity index (χ0v) is 13.7. The first-order chi connectivity index (χ1) is 11.2. The van der Waals surface area contributed by atoms with Crippen molar-refractivity contribution in [2.45, 2.75) is 32.4 Å². The van der Waals surface area contributed by atoms with E-state index in [1.807, 2.05) is 16.8 Å². The lowest BCUT2D eigenvalue weighted by Gasteiger charge is -2.23. The molecular weight excluding hydrogens is 288 g/mol. The average molecular weight is 310 g/mol. The smallest absolute Gasteiger partial charge is 0.128 e. The molecule has 120 valence electrons. The highest BCUT2D eigenvalue weighted by atomic mass is 16.5. The van der Waals surface area contributed by atoms with Gasteiger partial charge in [0.15, 0.2) is 0 Å². The molecule has 5 heteroatoms. The number of fused-ring (bicyclic) bond motifs is 1. The van der Waals surface area contributed by atoms with E-state index in [0.29, 0.717) is 6.54 Å². The van der Waals surface area contributed by atoms with Crippen LogP contribution < -0.4 is 4.74 Å². The van der Waals surface area contributed by atoms with Crippen molar-refractivity contribution in [3.8, 4) is 11.8 Å². The van der Waals surface area contributed by atoms with E-state index < -0.39 is 0 Å². The fourth-order valence-corrected chi connectivity index (χ4v) is 3.15. The van der Waals surface area contributed by atoms with Gasteiger partial charge in [0.05, 0.1) is 18.9 Å². The van der Waals surface area contributed by atoms with Crippen LogP contribution in [0.4, 0.5) is 0 Å². The SMILES string of the molecule is COc1ccc(CCc2nn(CC#N)c3c2CN(C)CC3)cc1. The van der Waals surface area contributed by atoms with Crippen LogP contribution in [0.15, 0.2) is 24.3 Å². The van der Waals surface area contributed by atoms with Crippen LogP contribution in [0.3, 0.4) is 0 Å². The van der Waals surface area contributed by atoms with Gasteiger partial charge in [0, 0.05) is 30.8 Å². The molecule has 5 nitrogen and oxygen atoms in total. The molecule has 0 atom stereocenters. The lowest BCUT2D eigenvalue weighted by molar-refractivity contribution is 0.307. The molecule has 2 aromatic rings. The number of hydrogen-bond acceptors (Lipinski definition) is 4. The second kappa shape index (κ2) is 6.84. The van der Waals surface area contributed by atoms with E-state index in [4.69, 9.17) is 15.1 Å². The Morgan fingerprint density at radius 2 is 2.04 bits per heavy atom. The third-order valence-electron chi connectivity index (χ3n) is 4.44. The number of aromatic nitrogens is 2. The maximum Gasteiger partial charge on any atom is 0.128 e. The summed E-state index contributed by atoms with van der Waals surface area (Å²) in [5.41, 5.74) is 4.98. The normalized spacial score (nSPS) is 14.3. The molecule has 0 N–H and O–H groups in total. The van der Waals surface area contributed by atoms with Crippen LogP contribution in [0.25, 0.3) is 0 Å². The van der Waals surface area contributed by atoms with Crippen LogP contribution in [0, 0.1) is 11.3 Å². The van der Waals surface area contributed by atoms with Crippen molar-refractivity contribution in [3.05, 3.63) is 46.8 Å². The molecular formula is C18H22N4O. The minimum Gasteiger partial charge on any atom is -0.497 e. The number of benzene rings is 1. The molecule has 1 aliphatic heterocycles. The summed E-state index contributed by atoms with van der Waals surface area (Å²) in [5.74, 6) is 0.881. The van der Waals surface area contributed by atoms with E-state index in [1.165, 1.54) is 16.8 Å². The molecule has 0 saturated heterocycles. The minimum atomic E-state index is 0.342. The van der Waals surface area contributed by atoms with Crippen molar-refractivity contribution in [2.75, 3.05) is 20.7 Å². The first-order valence-corrected chi connectivity index (χ1v) is 7.97. The Bertz CT molecular complexity index is 712. The molecule has 0 radical (unpaired) electrons. The summed E-state index contributed by atoms with van der Waals surface area (Å²) in [6, 6.07) is 10.4. The second-order valence-corrected chi connectivity index (χ2v) is 6.02. The number of aryl methyl sites for hydroxylation is 2. The number of likely N-dealkylation sites (N-methyl/N-ethyl adjacent to an activating group) is 1. The van der Waals surface area contributed by atoms with Crippen LogP contribution >= 0.6 is 0 Å². The van der Waals surface area contributed by atoms with Gasteiger partial charge in [0.2, 0.25) is 0 Å². The zero-order valence-electron chi connectivity index (χ0n) is 13.7. The van der Waals surface area contributed by atoms with Crippen LogP contribution in [0.1, 0.15) is 22.5 Å². The van der Waals surface area contributed by atoms with Crippen LogP contribution in [-0.4, -0.2) is 35.4 Å². The Labute approximate surface area is 137 Å². The van der Waals surface area contributed by atoms with Crippen molar-refractivity contribution in [1.82, 2.24) is 14.7 Å². The van der Waals surface area contributed by atoms with E-state index in [2.05, 4.69) is 30.1 Å². The predicted octanol–water partition coefficient (Wildman–Crippen LogP) is 2.19. The van der Waals surface area contributed by atoms with Gasteiger partial charge in [-0.2, -0.15) is 10.4 Å². The predicted molar refractivity (Wildman–Crippen MR) is 88.3 cm³/mol. The monoisotopic (exact) mass is 310 g/mol. The fraction of sp³-hybridized carbons (Fsp3) is 0.444. The standard InChI is InChI=1S/C18H22N4O/c1-21-11-9-18-16(13-21)17(20-22(18)12-10-19)8-5-14-3-6-15(23-2)7-4-14/h3-4,6-7H,5,8-9,11-13H2,1-2H3. The Kier molecular flexibility index (Phi) is 4.63. The summed E-state index contributed by atoms with van der Waals surface area (Å²) in [5, 5.41) is 13.7. The van der Waals surface area contributed by atoms with Crippen molar-refractivity contribution in [2.24, 2.45) is 0 Å². The van der Waals surface area contributed by atoms with Crippen LogP contribution in [-0.2, 0) is 32.4 Å². The number of ether oxygens (including phenoxy) is 1. The topological polar surface area (TPSA) is 54.1 Å². The summed E-state index contributed by atoms with van der Waals surface area (Å²) < 4.78 is 7.09. The molecule has 23 heavy (non-hydrogen) atoms. The molecule has 0 spiro atoms. The summed E-state index contributed by atoms with van der Waals surface area (Å²) in [6.07, 6.45) is 2.83. The molecule has 0 aliphatic carbocycles. The minimum absolute atomic E-state index is 0.342. The number of nitriles is 1. The van der Waals surface area contributed by atoms with Gasteiger partial charge in [-0.1, -0.05) is 12.1 Å². The summed E-state index contributed by atoms with van der Waals surface area (Å²) >= 11 is 0. The van der Waals surface area contributed by atoms with E-state index in [1.54, 1.807) is 7.11 Å². The van der Waals surface area contributed by atoms with Crippen molar-refractivity contribution in [1.29, 1.82) is 5.26 Å². The van der Waals surface area contributed by atoms with E-state index in [0.717, 1.165) is 43.8 Å². The highest BCUT2D eigenvalue weighted by molar-refractivity contribution is 5.31. The van der Waals surface area contributed by atoms with Crippen molar-refractivity contribution in [3.63, 3.8) is 0 Å². The highest BCUT2D eigenvalue weighted by Crippen LogP contribution is 2.23. The lowest BCUT2D eigenvalue weighted by atomic mass is 10.0. The zero-order chi connectivity index (χ0) is 16.2. The Morgan fingerprint density at radius 1 is 1.26 bits per heavy atom. The molecule has 3 rings (SSSR count). The van der Waals surface area contributed by atoms with Gasteiger partial charge in [0.1, 0.15) is 12.3 Å². The Hall–Kier alpha value is -2.32. The highest BCUT2D eigenvalue weighted by Gasteiger charge is 2.22. The molecule has 1 aromatic carbocycles. The van der Waals surface area contributed by atoms with Gasteiger partial charge in [-0.3, -0.25) is 4.68 Å². The molecule has 0 fully saturated rings. The molecule has 1 aromatic heterocycles. The largest absolute Gasteiger partial charge is 0.497 e. The number of rotatable bonds is 5. The first kappa shape index (κ1) is 15.6. The number of nitrogens with zero attached hydrogens (tertiary/aromatic N) is 4. The molecule has 0 unspecified atom stereocenters. The van der Waals surface area contributed by atoms with Crippen molar-refractivity contribution >= 4 is 0 Å². The van der Waals surface area contributed by atoms with Crippen LogP contribution in [0.2, 0.25) is 0 Å². The molecule has 0 amide bonds. The van der Waals surface area contributed by atoms with Gasteiger partial charge in [0.25, 0.3) is 0 Å². The van der Waals surface area contributed by atoms with Gasteiger partial charge in [-0.25, -0.2) is 0 Å². The lowest BCUT2D eigenvalue weighted by Crippen LogP contribution is -2.27. The van der Waals surface area contributed by atoms with Crippen molar-refractivity contribution < 1.29 is 4.74 Å². The Morgan fingerprint density at radius 3 is 2.74 bits per heavy atom. The molecule has 1 aliphatic rings. The van der Waals surface area contributed by atoms with Gasteiger partial charge < -0.3 is 9.64 Å². The van der Waals surface area contributed by atoms with Gasteiger partial charge in [-0.05, 0) is 37.6 Å². The fourth-order valence-electron chi connectivity index (χ4n) is 3.15. The first-order valence-electron chi connectivity index (χ1n) is 7.97. The summed E-state index contributed by atoms with van der Waals surface area (Å²) in [6.45, 7) is 2.30. The van der Waals surface area contributed by atoms with Gasteiger partial charge >= 0.3 is 0 Å². The summed E-state index contributed by atoms with van der Waals surface area (Å²) in [4.78, 5) is 2.32. The second-order valence-electron chi connectivity index (χ2n) is 6.02. The van der Waals surface area contributed by atoms with Crippen LogP contribution in [0.5, 0.6) is 5.75 Å². The molecule has 2 heterocycles. The maximum absolute atomic E-state index is 9.01. The number of hydrogen-bond donors (Lipinski definition) is 0. The quantitative estimate of drug-likeness (QED) is 0.849. The van der Waals surface area contributed by atoms with E-state index in [9.17, 15) is 0 Å². The molecule has 0 saturated carbocycles. The Balaban J connectivity index is 1.77. The van der Waals surface area contributed by atoms with E-state index in [-0.39, 0.29) is 0 Å². The third-order valence-corrected chi connectivity index (χ3v) is 4.44. The average Bonchev–Trinajstić information content (AvgIpc) is 2.91. The third kappa shape index (κ3) is 3.38. The maximum atomic E-state index is 9.01. The van der Waals surface area contributed by atoms with E-state index >= 15 is 0 Å². The van der Waals surface area contributed by atoms with Gasteiger partial charge in [-0.15, -0.1) is 0 Å².